The summed E-state index contributed by atoms with van der Waals surface area (Å²) in [4.78, 5) is 13.0. The van der Waals surface area contributed by atoms with E-state index in [0.717, 1.165) is 0 Å². The Bertz CT molecular complexity index is 408. The predicted molar refractivity (Wildman–Crippen MR) is 60.3 cm³/mol. The summed E-state index contributed by atoms with van der Waals surface area (Å²) in [7, 11) is 0. The Morgan fingerprint density at radius 1 is 1.47 bits per heavy atom. The molecule has 1 N–H and O–H groups in total. The van der Waals surface area contributed by atoms with Crippen molar-refractivity contribution in [2.45, 2.75) is 18.9 Å². The third kappa shape index (κ3) is 2.39. The smallest absolute Gasteiger partial charge is 0.414 e. The topological polar surface area (TPSA) is 49.8 Å². The standard InChI is InChI=1S/C12H14FNO3/c13-10-3-1-2-4-11(10)14-9(5-7-15)6-8-17-12(14)16/h1-4,9,15H,5-8H2. The van der Waals surface area contributed by atoms with Crippen molar-refractivity contribution in [1.29, 1.82) is 0 Å². The van der Waals surface area contributed by atoms with Crippen LogP contribution in [0.1, 0.15) is 12.8 Å². The summed E-state index contributed by atoms with van der Waals surface area (Å²) in [6, 6.07) is 5.85. The molecule has 1 heterocycles. The van der Waals surface area contributed by atoms with Gasteiger partial charge in [-0.25, -0.2) is 9.18 Å². The van der Waals surface area contributed by atoms with Crippen LogP contribution in [0.25, 0.3) is 0 Å². The van der Waals surface area contributed by atoms with Crippen LogP contribution in [0.15, 0.2) is 24.3 Å². The van der Waals surface area contributed by atoms with Crippen molar-refractivity contribution in [2.75, 3.05) is 18.1 Å². The number of aliphatic hydroxyl groups is 1. The van der Waals surface area contributed by atoms with Crippen LogP contribution in [-0.4, -0.2) is 30.5 Å². The predicted octanol–water partition coefficient (Wildman–Crippen LogP) is 1.92. The number of para-hydroxylation sites is 1. The average molecular weight is 239 g/mol. The van der Waals surface area contributed by atoms with E-state index < -0.39 is 11.9 Å². The number of aliphatic hydroxyl groups excluding tert-OH is 1. The Balaban J connectivity index is 2.31. The number of amides is 1. The van der Waals surface area contributed by atoms with Gasteiger partial charge >= 0.3 is 6.09 Å². The molecule has 1 saturated heterocycles. The SMILES string of the molecule is O=C1OCCC(CCO)N1c1ccccc1F. The van der Waals surface area contributed by atoms with E-state index in [1.807, 2.05) is 0 Å². The number of rotatable bonds is 3. The van der Waals surface area contributed by atoms with Gasteiger partial charge in [-0.05, 0) is 18.6 Å². The number of cyclic esters (lactones) is 1. The van der Waals surface area contributed by atoms with E-state index in [1.165, 1.54) is 17.0 Å². The lowest BCUT2D eigenvalue weighted by Crippen LogP contribution is -2.46. The van der Waals surface area contributed by atoms with Crippen LogP contribution in [0.5, 0.6) is 0 Å². The molecule has 1 aromatic carbocycles. The number of hydrogen-bond acceptors (Lipinski definition) is 3. The molecule has 1 amide bonds. The minimum atomic E-state index is -0.556. The summed E-state index contributed by atoms with van der Waals surface area (Å²) in [5.41, 5.74) is 0.204. The van der Waals surface area contributed by atoms with E-state index in [2.05, 4.69) is 0 Å². The second-order valence-corrected chi connectivity index (χ2v) is 3.89. The maximum absolute atomic E-state index is 13.6. The van der Waals surface area contributed by atoms with Gasteiger partial charge in [-0.15, -0.1) is 0 Å². The summed E-state index contributed by atoms with van der Waals surface area (Å²) in [5.74, 6) is -0.464. The molecule has 0 aliphatic carbocycles. The summed E-state index contributed by atoms with van der Waals surface area (Å²) < 4.78 is 18.6. The second kappa shape index (κ2) is 5.14. The summed E-state index contributed by atoms with van der Waals surface area (Å²) in [6.07, 6.45) is 0.462. The first kappa shape index (κ1) is 11.9. The van der Waals surface area contributed by atoms with Gasteiger partial charge in [0.2, 0.25) is 0 Å². The zero-order chi connectivity index (χ0) is 12.3. The van der Waals surface area contributed by atoms with Crippen LogP contribution < -0.4 is 4.90 Å². The highest BCUT2D eigenvalue weighted by Crippen LogP contribution is 2.27. The number of ether oxygens (including phenoxy) is 1. The first-order chi connectivity index (χ1) is 8.24. The molecule has 1 aromatic rings. The van der Waals surface area contributed by atoms with Crippen LogP contribution in [0.3, 0.4) is 0 Å². The van der Waals surface area contributed by atoms with Crippen molar-refractivity contribution in [3.8, 4) is 0 Å². The molecule has 1 fully saturated rings. The van der Waals surface area contributed by atoms with Gasteiger partial charge in [0, 0.05) is 19.1 Å². The van der Waals surface area contributed by atoms with Crippen molar-refractivity contribution in [2.24, 2.45) is 0 Å². The van der Waals surface area contributed by atoms with Gasteiger partial charge in [-0.2, -0.15) is 0 Å². The lowest BCUT2D eigenvalue weighted by atomic mass is 10.1. The fourth-order valence-corrected chi connectivity index (χ4v) is 1.99. The van der Waals surface area contributed by atoms with Crippen molar-refractivity contribution in [3.05, 3.63) is 30.1 Å². The minimum absolute atomic E-state index is 0.0388. The van der Waals surface area contributed by atoms with Gasteiger partial charge in [0.15, 0.2) is 0 Å². The lowest BCUT2D eigenvalue weighted by Gasteiger charge is -2.34. The lowest BCUT2D eigenvalue weighted by molar-refractivity contribution is 0.123. The molecular formula is C12H14FNO3. The van der Waals surface area contributed by atoms with E-state index in [9.17, 15) is 9.18 Å². The molecule has 2 rings (SSSR count). The second-order valence-electron chi connectivity index (χ2n) is 3.89. The molecule has 1 atom stereocenters. The molecule has 17 heavy (non-hydrogen) atoms. The van der Waals surface area contributed by atoms with Crippen molar-refractivity contribution >= 4 is 11.8 Å². The summed E-state index contributed by atoms with van der Waals surface area (Å²) >= 11 is 0. The Morgan fingerprint density at radius 3 is 2.94 bits per heavy atom. The zero-order valence-electron chi connectivity index (χ0n) is 9.30. The normalized spacial score (nSPS) is 20.2. The molecule has 1 unspecified atom stereocenters. The molecule has 0 spiro atoms. The highest BCUT2D eigenvalue weighted by Gasteiger charge is 2.31. The van der Waals surface area contributed by atoms with Gasteiger partial charge in [0.05, 0.1) is 12.3 Å². The number of anilines is 1. The molecule has 4 nitrogen and oxygen atoms in total. The van der Waals surface area contributed by atoms with Gasteiger partial charge in [0.25, 0.3) is 0 Å². The first-order valence-corrected chi connectivity index (χ1v) is 5.55. The van der Waals surface area contributed by atoms with Crippen LogP contribution in [0, 0.1) is 5.82 Å². The highest BCUT2D eigenvalue weighted by molar-refractivity contribution is 5.89. The number of carbonyl (C=O) groups is 1. The highest BCUT2D eigenvalue weighted by atomic mass is 19.1. The monoisotopic (exact) mass is 239 g/mol. The molecule has 0 radical (unpaired) electrons. The maximum atomic E-state index is 13.6. The van der Waals surface area contributed by atoms with E-state index in [4.69, 9.17) is 9.84 Å². The zero-order valence-corrected chi connectivity index (χ0v) is 9.30. The summed E-state index contributed by atoms with van der Waals surface area (Å²) in [6.45, 7) is 0.275. The van der Waals surface area contributed by atoms with Gasteiger partial charge in [-0.1, -0.05) is 12.1 Å². The first-order valence-electron chi connectivity index (χ1n) is 5.55. The van der Waals surface area contributed by atoms with E-state index in [0.29, 0.717) is 19.4 Å². The minimum Gasteiger partial charge on any atom is -0.449 e. The quantitative estimate of drug-likeness (QED) is 0.876. The van der Waals surface area contributed by atoms with Crippen LogP contribution >= 0.6 is 0 Å². The van der Waals surface area contributed by atoms with E-state index in [-0.39, 0.29) is 18.3 Å². The van der Waals surface area contributed by atoms with Crippen LogP contribution in [0.2, 0.25) is 0 Å². The Morgan fingerprint density at radius 2 is 2.24 bits per heavy atom. The Labute approximate surface area is 98.6 Å². The molecule has 0 aromatic heterocycles. The molecule has 0 saturated carbocycles. The summed E-state index contributed by atoms with van der Waals surface area (Å²) in [5, 5.41) is 8.97. The number of benzene rings is 1. The third-order valence-corrected chi connectivity index (χ3v) is 2.81. The molecule has 92 valence electrons. The number of nitrogens with zero attached hydrogens (tertiary/aromatic N) is 1. The molecule has 5 heteroatoms. The van der Waals surface area contributed by atoms with Gasteiger partial charge in [-0.3, -0.25) is 4.90 Å². The molecule has 0 bridgehead atoms. The van der Waals surface area contributed by atoms with Crippen molar-refractivity contribution < 1.29 is 19.0 Å². The molecular weight excluding hydrogens is 225 g/mol. The van der Waals surface area contributed by atoms with Gasteiger partial charge < -0.3 is 9.84 Å². The Kier molecular flexibility index (Phi) is 3.58. The fraction of sp³-hybridized carbons (Fsp3) is 0.417. The number of halogens is 1. The molecule has 1 aliphatic rings. The Hall–Kier alpha value is -1.62. The third-order valence-electron chi connectivity index (χ3n) is 2.81. The maximum Gasteiger partial charge on any atom is 0.414 e. The van der Waals surface area contributed by atoms with E-state index >= 15 is 0 Å². The van der Waals surface area contributed by atoms with Crippen LogP contribution in [-0.2, 0) is 4.74 Å². The van der Waals surface area contributed by atoms with Gasteiger partial charge in [0.1, 0.15) is 5.82 Å². The van der Waals surface area contributed by atoms with Crippen LogP contribution in [0.4, 0.5) is 14.9 Å². The number of hydrogen-bond donors (Lipinski definition) is 1. The molecule has 1 aliphatic heterocycles. The average Bonchev–Trinajstić information content (AvgIpc) is 2.31. The van der Waals surface area contributed by atoms with Crippen molar-refractivity contribution in [1.82, 2.24) is 0 Å². The van der Waals surface area contributed by atoms with Crippen molar-refractivity contribution in [3.63, 3.8) is 0 Å². The van der Waals surface area contributed by atoms with E-state index in [1.54, 1.807) is 12.1 Å². The fourth-order valence-electron chi connectivity index (χ4n) is 1.99. The number of carbonyl (C=O) groups excluding carboxylic acids is 1. The largest absolute Gasteiger partial charge is 0.449 e.